The Kier molecular flexibility index (Phi) is 1.51. The van der Waals surface area contributed by atoms with E-state index in [0.717, 1.165) is 16.7 Å². The Morgan fingerprint density at radius 3 is 2.83 bits per heavy atom. The van der Waals surface area contributed by atoms with Gasteiger partial charge >= 0.3 is 0 Å². The van der Waals surface area contributed by atoms with Gasteiger partial charge in [-0.25, -0.2) is 0 Å². The van der Waals surface area contributed by atoms with Crippen LogP contribution in [0.25, 0.3) is 16.5 Å². The first-order valence-electron chi connectivity index (χ1n) is 3.94. The molecule has 0 saturated carbocycles. The third-order valence-corrected chi connectivity index (χ3v) is 2.01. The zero-order valence-corrected chi connectivity index (χ0v) is 6.96. The first-order valence-corrected chi connectivity index (χ1v) is 3.94. The lowest BCUT2D eigenvalue weighted by atomic mass is 10.1. The summed E-state index contributed by atoms with van der Waals surface area (Å²) in [7, 11) is 0. The maximum absolute atomic E-state index is 5.72. The van der Waals surface area contributed by atoms with E-state index in [2.05, 4.69) is 11.1 Å². The van der Waals surface area contributed by atoms with Crippen molar-refractivity contribution in [1.82, 2.24) is 4.98 Å². The number of H-pyrrole nitrogens is 1. The Hall–Kier alpha value is -1.50. The highest BCUT2D eigenvalue weighted by Gasteiger charge is 2.01. The van der Waals surface area contributed by atoms with Crippen molar-refractivity contribution in [3.8, 4) is 0 Å². The molecule has 12 heavy (non-hydrogen) atoms. The fourth-order valence-corrected chi connectivity index (χ4v) is 1.40. The van der Waals surface area contributed by atoms with Gasteiger partial charge in [0.15, 0.2) is 0 Å². The summed E-state index contributed by atoms with van der Waals surface area (Å²) in [6.07, 6.45) is 1.94. The number of fused-ring (bicyclic) bond motifs is 1. The van der Waals surface area contributed by atoms with Crippen molar-refractivity contribution in [2.24, 2.45) is 0 Å². The van der Waals surface area contributed by atoms with Gasteiger partial charge in [0.1, 0.15) is 0 Å². The van der Waals surface area contributed by atoms with E-state index in [1.165, 1.54) is 5.39 Å². The van der Waals surface area contributed by atoms with Crippen LogP contribution in [0.15, 0.2) is 30.5 Å². The van der Waals surface area contributed by atoms with Crippen LogP contribution in [-0.4, -0.2) is 4.98 Å². The van der Waals surface area contributed by atoms with E-state index in [0.29, 0.717) is 0 Å². The van der Waals surface area contributed by atoms with Crippen LogP contribution in [0.2, 0.25) is 0 Å². The molecule has 1 N–H and O–H groups in total. The van der Waals surface area contributed by atoms with Gasteiger partial charge in [0.05, 0.1) is 0 Å². The number of hydrogen-bond acceptors (Lipinski definition) is 0. The lowest BCUT2D eigenvalue weighted by molar-refractivity contribution is 1.46. The van der Waals surface area contributed by atoms with E-state index in [1.807, 2.05) is 31.3 Å². The van der Waals surface area contributed by atoms with E-state index in [-0.39, 0.29) is 0 Å². The van der Waals surface area contributed by atoms with Crippen LogP contribution in [0.1, 0.15) is 12.5 Å². The maximum Gasteiger partial charge on any atom is 0.0460 e. The number of para-hydroxylation sites is 1. The second-order valence-corrected chi connectivity index (χ2v) is 2.93. The van der Waals surface area contributed by atoms with Crippen LogP contribution in [-0.2, 0) is 0 Å². The fraction of sp³-hybridized carbons (Fsp3) is 0.0909. The Bertz CT molecular complexity index is 423. The predicted octanol–water partition coefficient (Wildman–Crippen LogP) is 3.00. The van der Waals surface area contributed by atoms with Crippen molar-refractivity contribution in [3.05, 3.63) is 42.6 Å². The predicted molar refractivity (Wildman–Crippen MR) is 51.7 cm³/mol. The van der Waals surface area contributed by atoms with Crippen molar-refractivity contribution in [2.45, 2.75) is 6.92 Å². The Labute approximate surface area is 71.7 Å². The summed E-state index contributed by atoms with van der Waals surface area (Å²) in [6, 6.07) is 8.14. The minimum atomic E-state index is 0.854. The number of aromatic nitrogens is 1. The van der Waals surface area contributed by atoms with Gasteiger partial charge in [-0.2, -0.15) is 0 Å². The average Bonchev–Trinajstić information content (AvgIpc) is 2.47. The van der Waals surface area contributed by atoms with Gasteiger partial charge in [0.25, 0.3) is 0 Å². The minimum Gasteiger partial charge on any atom is -0.361 e. The number of nitrogens with one attached hydrogen (secondary N) is 1. The van der Waals surface area contributed by atoms with Gasteiger partial charge in [0, 0.05) is 22.7 Å². The highest BCUT2D eigenvalue weighted by Crippen LogP contribution is 2.22. The molecular weight excluding hydrogens is 146 g/mol. The molecule has 59 valence electrons. The van der Waals surface area contributed by atoms with Crippen LogP contribution in [0.5, 0.6) is 0 Å². The lowest BCUT2D eigenvalue weighted by Gasteiger charge is -1.94. The summed E-state index contributed by atoms with van der Waals surface area (Å²) in [4.78, 5) is 3.17. The fourth-order valence-electron chi connectivity index (χ4n) is 1.40. The summed E-state index contributed by atoms with van der Waals surface area (Å²) >= 11 is 0. The van der Waals surface area contributed by atoms with E-state index in [1.54, 1.807) is 0 Å². The molecule has 0 aliphatic heterocycles. The SMILES string of the molecule is [CH]=C(C)c1c[nH]c2ccccc12. The summed E-state index contributed by atoms with van der Waals surface area (Å²) in [6.45, 7) is 7.63. The molecule has 2 rings (SSSR count). The van der Waals surface area contributed by atoms with Gasteiger partial charge < -0.3 is 4.98 Å². The van der Waals surface area contributed by atoms with E-state index >= 15 is 0 Å². The van der Waals surface area contributed by atoms with Crippen molar-refractivity contribution in [3.63, 3.8) is 0 Å². The lowest BCUT2D eigenvalue weighted by Crippen LogP contribution is -1.72. The molecule has 0 fully saturated rings. The van der Waals surface area contributed by atoms with Crippen molar-refractivity contribution in [2.75, 3.05) is 0 Å². The molecule has 1 heterocycles. The second-order valence-electron chi connectivity index (χ2n) is 2.93. The molecule has 1 radical (unpaired) electrons. The Morgan fingerprint density at radius 2 is 2.08 bits per heavy atom. The molecule has 0 unspecified atom stereocenters. The standard InChI is InChI=1S/C11H10N/c1-8(2)10-7-12-11-6-4-3-5-9(10)11/h1,3-7,12H,2H3. The summed E-state index contributed by atoms with van der Waals surface area (Å²) in [5.74, 6) is 0. The number of rotatable bonds is 1. The molecule has 0 aliphatic rings. The smallest absolute Gasteiger partial charge is 0.0460 e. The van der Waals surface area contributed by atoms with Crippen molar-refractivity contribution < 1.29 is 0 Å². The summed E-state index contributed by atoms with van der Waals surface area (Å²) in [5, 5.41) is 1.19. The molecular formula is C11H10N. The quantitative estimate of drug-likeness (QED) is 0.653. The second kappa shape index (κ2) is 2.52. The average molecular weight is 156 g/mol. The number of aromatic amines is 1. The van der Waals surface area contributed by atoms with Crippen LogP contribution in [0.3, 0.4) is 0 Å². The maximum atomic E-state index is 5.72. The normalized spacial score (nSPS) is 10.4. The van der Waals surface area contributed by atoms with E-state index in [9.17, 15) is 0 Å². The first-order chi connectivity index (χ1) is 5.79. The highest BCUT2D eigenvalue weighted by atomic mass is 14.7. The van der Waals surface area contributed by atoms with Gasteiger partial charge in [-0.05, 0) is 18.6 Å². The van der Waals surface area contributed by atoms with Crippen molar-refractivity contribution in [1.29, 1.82) is 0 Å². The zero-order valence-electron chi connectivity index (χ0n) is 6.96. The molecule has 0 atom stereocenters. The Morgan fingerprint density at radius 1 is 1.33 bits per heavy atom. The first kappa shape index (κ1) is 7.17. The van der Waals surface area contributed by atoms with E-state index in [4.69, 9.17) is 6.58 Å². The number of hydrogen-bond donors (Lipinski definition) is 1. The van der Waals surface area contributed by atoms with E-state index < -0.39 is 0 Å². The number of allylic oxidation sites excluding steroid dienone is 1. The molecule has 1 nitrogen and oxygen atoms in total. The molecule has 0 spiro atoms. The molecule has 1 aromatic carbocycles. The van der Waals surface area contributed by atoms with Crippen LogP contribution in [0, 0.1) is 6.58 Å². The molecule has 1 aromatic heterocycles. The molecule has 0 bridgehead atoms. The number of benzene rings is 1. The topological polar surface area (TPSA) is 15.8 Å². The third-order valence-electron chi connectivity index (χ3n) is 2.01. The van der Waals surface area contributed by atoms with Crippen LogP contribution in [0.4, 0.5) is 0 Å². The van der Waals surface area contributed by atoms with Gasteiger partial charge in [-0.1, -0.05) is 24.8 Å². The molecule has 0 saturated heterocycles. The molecule has 2 aromatic rings. The monoisotopic (exact) mass is 156 g/mol. The molecule has 1 heteroatoms. The molecule has 0 amide bonds. The van der Waals surface area contributed by atoms with Crippen molar-refractivity contribution >= 4 is 16.5 Å². The van der Waals surface area contributed by atoms with Gasteiger partial charge in [0.2, 0.25) is 0 Å². The third kappa shape index (κ3) is 0.944. The van der Waals surface area contributed by atoms with Crippen LogP contribution < -0.4 is 0 Å². The Balaban J connectivity index is 2.79. The van der Waals surface area contributed by atoms with Gasteiger partial charge in [-0.3, -0.25) is 0 Å². The van der Waals surface area contributed by atoms with Crippen LogP contribution >= 0.6 is 0 Å². The highest BCUT2D eigenvalue weighted by molar-refractivity contribution is 5.91. The zero-order chi connectivity index (χ0) is 8.55. The van der Waals surface area contributed by atoms with Gasteiger partial charge in [-0.15, -0.1) is 0 Å². The minimum absolute atomic E-state index is 0.854. The molecule has 0 aliphatic carbocycles. The summed E-state index contributed by atoms with van der Waals surface area (Å²) in [5.41, 5.74) is 3.09. The summed E-state index contributed by atoms with van der Waals surface area (Å²) < 4.78 is 0. The largest absolute Gasteiger partial charge is 0.361 e.